The minimum Gasteiger partial charge on any atom is -0.507 e. The van der Waals surface area contributed by atoms with Gasteiger partial charge < -0.3 is 21.1 Å². The monoisotopic (exact) mass is 631 g/mol. The summed E-state index contributed by atoms with van der Waals surface area (Å²) in [5, 5.41) is 31.8. The molecule has 0 unspecified atom stereocenters. The van der Waals surface area contributed by atoms with Gasteiger partial charge in [0.1, 0.15) is 17.2 Å². The SMILES string of the molecule is NC(=O)c1c(-c2cc(Br)ccc2O)cc(-c2cc(Br)ccc2O)cc1-c1cc(Br)ccc1O. The van der Waals surface area contributed by atoms with Gasteiger partial charge >= 0.3 is 0 Å². The Kier molecular flexibility index (Phi) is 6.52. The number of carbonyl (C=O) groups is 1. The van der Waals surface area contributed by atoms with Crippen molar-refractivity contribution < 1.29 is 20.1 Å². The molecule has 0 saturated carbocycles. The molecule has 8 heteroatoms. The molecule has 0 spiro atoms. The lowest BCUT2D eigenvalue weighted by Crippen LogP contribution is -2.14. The van der Waals surface area contributed by atoms with Crippen LogP contribution in [0.25, 0.3) is 33.4 Å². The van der Waals surface area contributed by atoms with Crippen molar-refractivity contribution in [1.82, 2.24) is 0 Å². The van der Waals surface area contributed by atoms with Gasteiger partial charge in [-0.2, -0.15) is 0 Å². The second-order valence-electron chi connectivity index (χ2n) is 7.30. The van der Waals surface area contributed by atoms with Crippen LogP contribution in [0.5, 0.6) is 17.2 Å². The van der Waals surface area contributed by atoms with Gasteiger partial charge in [0.25, 0.3) is 0 Å². The third kappa shape index (κ3) is 4.64. The first-order valence-electron chi connectivity index (χ1n) is 9.60. The zero-order chi connectivity index (χ0) is 23.9. The van der Waals surface area contributed by atoms with E-state index in [1.165, 1.54) is 12.1 Å². The van der Waals surface area contributed by atoms with Gasteiger partial charge in [0.15, 0.2) is 0 Å². The highest BCUT2D eigenvalue weighted by molar-refractivity contribution is 9.11. The molecule has 4 aromatic rings. The molecule has 0 radical (unpaired) electrons. The Morgan fingerprint density at radius 3 is 1.33 bits per heavy atom. The number of phenolic OH excluding ortho intramolecular Hbond substituents is 3. The molecule has 0 fully saturated rings. The van der Waals surface area contributed by atoms with Crippen molar-refractivity contribution in [3.63, 3.8) is 0 Å². The topological polar surface area (TPSA) is 104 Å². The average molecular weight is 634 g/mol. The second kappa shape index (κ2) is 9.21. The summed E-state index contributed by atoms with van der Waals surface area (Å²) in [7, 11) is 0. The molecule has 4 aromatic carbocycles. The molecule has 0 aliphatic carbocycles. The average Bonchev–Trinajstić information content (AvgIpc) is 2.77. The maximum Gasteiger partial charge on any atom is 0.249 e. The summed E-state index contributed by atoms with van der Waals surface area (Å²) in [6.45, 7) is 0. The number of phenols is 3. The van der Waals surface area contributed by atoms with Crippen molar-refractivity contribution in [3.05, 3.63) is 85.7 Å². The summed E-state index contributed by atoms with van der Waals surface area (Å²) in [4.78, 5) is 12.7. The normalized spacial score (nSPS) is 10.9. The van der Waals surface area contributed by atoms with E-state index in [4.69, 9.17) is 5.73 Å². The van der Waals surface area contributed by atoms with Crippen LogP contribution in [0.4, 0.5) is 0 Å². The third-order valence-corrected chi connectivity index (χ3v) is 6.63. The van der Waals surface area contributed by atoms with E-state index in [-0.39, 0.29) is 22.8 Å². The van der Waals surface area contributed by atoms with Gasteiger partial charge in [-0.15, -0.1) is 0 Å². The fraction of sp³-hybridized carbons (Fsp3) is 0. The minimum absolute atomic E-state index is 0.0267. The van der Waals surface area contributed by atoms with Crippen LogP contribution in [0.3, 0.4) is 0 Å². The minimum atomic E-state index is -0.733. The van der Waals surface area contributed by atoms with Gasteiger partial charge in [-0.05, 0) is 83.4 Å². The Morgan fingerprint density at radius 1 is 0.576 bits per heavy atom. The first kappa shape index (κ1) is 23.4. The Morgan fingerprint density at radius 2 is 0.939 bits per heavy atom. The largest absolute Gasteiger partial charge is 0.507 e. The number of aromatic hydroxyl groups is 3. The molecule has 0 aromatic heterocycles. The summed E-state index contributed by atoms with van der Waals surface area (Å²) >= 11 is 10.2. The smallest absolute Gasteiger partial charge is 0.249 e. The third-order valence-electron chi connectivity index (χ3n) is 5.15. The maximum absolute atomic E-state index is 12.7. The molecule has 0 bridgehead atoms. The molecule has 0 heterocycles. The lowest BCUT2D eigenvalue weighted by molar-refractivity contribution is 0.100. The summed E-state index contributed by atoms with van der Waals surface area (Å²) in [6, 6.07) is 18.1. The van der Waals surface area contributed by atoms with E-state index in [2.05, 4.69) is 47.8 Å². The van der Waals surface area contributed by atoms with Gasteiger partial charge in [0.05, 0.1) is 5.56 Å². The molecule has 1 amide bonds. The van der Waals surface area contributed by atoms with Crippen LogP contribution in [-0.4, -0.2) is 21.2 Å². The summed E-state index contributed by atoms with van der Waals surface area (Å²) in [5.41, 5.74) is 8.44. The van der Waals surface area contributed by atoms with E-state index in [1.54, 1.807) is 54.6 Å². The molecule has 0 aliphatic heterocycles. The van der Waals surface area contributed by atoms with E-state index in [0.717, 1.165) is 4.47 Å². The van der Waals surface area contributed by atoms with Gasteiger partial charge in [0.2, 0.25) is 5.91 Å². The molecule has 33 heavy (non-hydrogen) atoms. The van der Waals surface area contributed by atoms with Crippen LogP contribution < -0.4 is 5.73 Å². The van der Waals surface area contributed by atoms with Gasteiger partial charge in [-0.1, -0.05) is 47.8 Å². The fourth-order valence-corrected chi connectivity index (χ4v) is 4.76. The number of hydrogen-bond donors (Lipinski definition) is 4. The number of amides is 1. The number of hydrogen-bond acceptors (Lipinski definition) is 4. The van der Waals surface area contributed by atoms with E-state index < -0.39 is 5.91 Å². The first-order chi connectivity index (χ1) is 15.7. The van der Waals surface area contributed by atoms with Gasteiger partial charge in [0, 0.05) is 30.1 Å². The van der Waals surface area contributed by atoms with Crippen molar-refractivity contribution >= 4 is 53.7 Å². The summed E-state index contributed by atoms with van der Waals surface area (Å²) in [5.74, 6) is -0.816. The Bertz CT molecular complexity index is 1350. The van der Waals surface area contributed by atoms with Crippen molar-refractivity contribution in [1.29, 1.82) is 0 Å². The Hall–Kier alpha value is -2.81. The number of carbonyl (C=O) groups excluding carboxylic acids is 1. The fourth-order valence-electron chi connectivity index (χ4n) is 3.68. The van der Waals surface area contributed by atoms with Crippen LogP contribution >= 0.6 is 47.8 Å². The molecular weight excluding hydrogens is 618 g/mol. The van der Waals surface area contributed by atoms with E-state index in [1.807, 2.05) is 0 Å². The van der Waals surface area contributed by atoms with Crippen molar-refractivity contribution in [2.75, 3.05) is 0 Å². The van der Waals surface area contributed by atoms with E-state index in [9.17, 15) is 20.1 Å². The number of rotatable bonds is 4. The van der Waals surface area contributed by atoms with E-state index >= 15 is 0 Å². The van der Waals surface area contributed by atoms with Crippen LogP contribution in [0, 0.1) is 0 Å². The van der Waals surface area contributed by atoms with Crippen LogP contribution in [-0.2, 0) is 0 Å². The zero-order valence-corrected chi connectivity index (χ0v) is 21.6. The van der Waals surface area contributed by atoms with Crippen LogP contribution in [0.2, 0.25) is 0 Å². The highest BCUT2D eigenvalue weighted by Gasteiger charge is 2.23. The van der Waals surface area contributed by atoms with Crippen molar-refractivity contribution in [3.8, 4) is 50.6 Å². The molecule has 5 N–H and O–H groups in total. The lowest BCUT2D eigenvalue weighted by Gasteiger charge is -2.18. The highest BCUT2D eigenvalue weighted by Crippen LogP contribution is 2.45. The predicted molar refractivity (Wildman–Crippen MR) is 139 cm³/mol. The number of benzene rings is 4. The van der Waals surface area contributed by atoms with Crippen LogP contribution in [0.1, 0.15) is 10.4 Å². The summed E-state index contributed by atoms with van der Waals surface area (Å²) in [6.07, 6.45) is 0. The van der Waals surface area contributed by atoms with Gasteiger partial charge in [-0.3, -0.25) is 4.79 Å². The molecule has 0 atom stereocenters. The molecule has 0 saturated heterocycles. The van der Waals surface area contributed by atoms with Gasteiger partial charge in [-0.25, -0.2) is 0 Å². The highest BCUT2D eigenvalue weighted by atomic mass is 79.9. The second-order valence-corrected chi connectivity index (χ2v) is 10.0. The summed E-state index contributed by atoms with van der Waals surface area (Å²) < 4.78 is 2.12. The molecule has 5 nitrogen and oxygen atoms in total. The Balaban J connectivity index is 2.17. The van der Waals surface area contributed by atoms with Crippen molar-refractivity contribution in [2.24, 2.45) is 5.73 Å². The zero-order valence-electron chi connectivity index (χ0n) is 16.8. The quantitative estimate of drug-likeness (QED) is 0.191. The lowest BCUT2D eigenvalue weighted by atomic mass is 9.86. The number of halogens is 3. The number of nitrogens with two attached hydrogens (primary N) is 1. The molecular formula is C25H16Br3NO4. The maximum atomic E-state index is 12.7. The van der Waals surface area contributed by atoms with Crippen molar-refractivity contribution in [2.45, 2.75) is 0 Å². The van der Waals surface area contributed by atoms with Crippen LogP contribution in [0.15, 0.2) is 80.1 Å². The predicted octanol–water partition coefficient (Wildman–Crippen LogP) is 7.19. The van der Waals surface area contributed by atoms with E-state index in [0.29, 0.717) is 42.3 Å². The first-order valence-corrected chi connectivity index (χ1v) is 12.0. The standard InChI is InChI=1S/C25H16Br3NO4/c26-13-1-4-21(30)16(9-13)12-7-19(17-10-14(27)2-5-22(17)31)24(25(29)33)20(8-12)18-11-15(28)3-6-23(18)32/h1-11,30-32H,(H2,29,33). The Labute approximate surface area is 214 Å². The molecule has 166 valence electrons. The molecule has 0 aliphatic rings. The number of primary amides is 1. The molecule has 4 rings (SSSR count).